The van der Waals surface area contributed by atoms with Crippen molar-refractivity contribution in [2.75, 3.05) is 13.1 Å². The van der Waals surface area contributed by atoms with E-state index >= 15 is 0 Å². The van der Waals surface area contributed by atoms with E-state index in [1.54, 1.807) is 6.20 Å². The summed E-state index contributed by atoms with van der Waals surface area (Å²) in [7, 11) is 0. The number of aliphatic imine (C=N–C) groups is 1. The highest BCUT2D eigenvalue weighted by Gasteiger charge is 2.09. The van der Waals surface area contributed by atoms with Crippen LogP contribution in [0, 0.1) is 6.92 Å². The minimum absolute atomic E-state index is 0.879. The molecule has 0 unspecified atom stereocenters. The Hall–Kier alpha value is -1.38. The summed E-state index contributed by atoms with van der Waals surface area (Å²) >= 11 is 0. The second kappa shape index (κ2) is 2.93. The van der Waals surface area contributed by atoms with Crippen LogP contribution in [0.4, 0.5) is 0 Å². The lowest BCUT2D eigenvalue weighted by molar-refractivity contribution is 0.959. The van der Waals surface area contributed by atoms with Crippen molar-refractivity contribution in [3.8, 4) is 0 Å². The summed E-state index contributed by atoms with van der Waals surface area (Å²) in [5.41, 5.74) is 2.34. The van der Waals surface area contributed by atoms with E-state index in [0.29, 0.717) is 0 Å². The number of hydrogen-bond acceptors (Lipinski definition) is 3. The Bertz CT molecular complexity index is 317. The van der Waals surface area contributed by atoms with Crippen LogP contribution in [0.5, 0.6) is 0 Å². The number of rotatable bonds is 1. The van der Waals surface area contributed by atoms with Crippen molar-refractivity contribution >= 4 is 5.84 Å². The molecular formula is C9H11N3. The summed E-state index contributed by atoms with van der Waals surface area (Å²) in [4.78, 5) is 8.40. The third-order valence-electron chi connectivity index (χ3n) is 1.97. The molecule has 2 rings (SSSR count). The molecule has 0 aromatic carbocycles. The molecule has 1 aromatic rings. The first-order chi connectivity index (χ1) is 5.88. The molecule has 1 aliphatic rings. The van der Waals surface area contributed by atoms with Gasteiger partial charge in [-0.2, -0.15) is 0 Å². The van der Waals surface area contributed by atoms with E-state index in [9.17, 15) is 0 Å². The second-order valence-electron chi connectivity index (χ2n) is 2.85. The predicted molar refractivity (Wildman–Crippen MR) is 48.4 cm³/mol. The van der Waals surface area contributed by atoms with Gasteiger partial charge in [0.05, 0.1) is 6.54 Å². The van der Waals surface area contributed by atoms with Gasteiger partial charge < -0.3 is 5.32 Å². The van der Waals surface area contributed by atoms with Gasteiger partial charge in [-0.15, -0.1) is 0 Å². The lowest BCUT2D eigenvalue weighted by Crippen LogP contribution is -2.20. The number of aryl methyl sites for hydroxylation is 1. The standard InChI is InChI=1S/C9H11N3/c1-7-2-3-10-6-8(7)9-11-4-5-12-9/h2-3,6H,4-5H2,1H3,(H,11,12). The van der Waals surface area contributed by atoms with Gasteiger partial charge in [0.1, 0.15) is 5.84 Å². The van der Waals surface area contributed by atoms with E-state index in [2.05, 4.69) is 22.2 Å². The molecule has 0 radical (unpaired) electrons. The topological polar surface area (TPSA) is 37.3 Å². The Labute approximate surface area is 71.6 Å². The van der Waals surface area contributed by atoms with Gasteiger partial charge in [0, 0.05) is 24.5 Å². The highest BCUT2D eigenvalue weighted by atomic mass is 15.1. The molecule has 0 spiro atoms. The van der Waals surface area contributed by atoms with Crippen LogP contribution in [-0.2, 0) is 0 Å². The molecular weight excluding hydrogens is 150 g/mol. The van der Waals surface area contributed by atoms with Gasteiger partial charge in [-0.05, 0) is 18.6 Å². The van der Waals surface area contributed by atoms with Gasteiger partial charge in [-0.3, -0.25) is 9.98 Å². The van der Waals surface area contributed by atoms with E-state index in [0.717, 1.165) is 24.5 Å². The predicted octanol–water partition coefficient (Wildman–Crippen LogP) is 0.740. The molecule has 0 saturated carbocycles. The summed E-state index contributed by atoms with van der Waals surface area (Å²) in [5, 5.41) is 3.22. The fourth-order valence-electron chi connectivity index (χ4n) is 1.29. The van der Waals surface area contributed by atoms with Crippen LogP contribution in [-0.4, -0.2) is 23.9 Å². The van der Waals surface area contributed by atoms with E-state index < -0.39 is 0 Å². The lowest BCUT2D eigenvalue weighted by atomic mass is 10.1. The smallest absolute Gasteiger partial charge is 0.130 e. The van der Waals surface area contributed by atoms with Crippen LogP contribution < -0.4 is 5.32 Å². The highest BCUT2D eigenvalue weighted by Crippen LogP contribution is 2.06. The normalized spacial score (nSPS) is 15.6. The van der Waals surface area contributed by atoms with Gasteiger partial charge >= 0.3 is 0 Å². The van der Waals surface area contributed by atoms with Crippen LogP contribution in [0.15, 0.2) is 23.5 Å². The fourth-order valence-corrected chi connectivity index (χ4v) is 1.29. The van der Waals surface area contributed by atoms with Gasteiger partial charge in [0.2, 0.25) is 0 Å². The molecule has 3 heteroatoms. The second-order valence-corrected chi connectivity index (χ2v) is 2.85. The van der Waals surface area contributed by atoms with E-state index in [4.69, 9.17) is 0 Å². The van der Waals surface area contributed by atoms with Crippen molar-refractivity contribution in [3.05, 3.63) is 29.6 Å². The highest BCUT2D eigenvalue weighted by molar-refractivity contribution is 6.00. The molecule has 0 bridgehead atoms. The van der Waals surface area contributed by atoms with Crippen molar-refractivity contribution in [3.63, 3.8) is 0 Å². The molecule has 0 atom stereocenters. The van der Waals surface area contributed by atoms with Crippen LogP contribution in [0.3, 0.4) is 0 Å². The Balaban J connectivity index is 2.39. The van der Waals surface area contributed by atoms with Crippen molar-refractivity contribution in [1.82, 2.24) is 10.3 Å². The van der Waals surface area contributed by atoms with Crippen molar-refractivity contribution in [1.29, 1.82) is 0 Å². The molecule has 12 heavy (non-hydrogen) atoms. The molecule has 0 fully saturated rings. The molecule has 62 valence electrons. The summed E-state index contributed by atoms with van der Waals surface area (Å²) in [6, 6.07) is 2.00. The number of nitrogens with one attached hydrogen (secondary N) is 1. The quantitative estimate of drug-likeness (QED) is 0.659. The fraction of sp³-hybridized carbons (Fsp3) is 0.333. The number of nitrogens with zero attached hydrogens (tertiary/aromatic N) is 2. The molecule has 0 saturated heterocycles. The number of hydrogen-bond donors (Lipinski definition) is 1. The van der Waals surface area contributed by atoms with Crippen molar-refractivity contribution in [2.24, 2.45) is 4.99 Å². The Morgan fingerprint density at radius 3 is 3.08 bits per heavy atom. The van der Waals surface area contributed by atoms with Crippen molar-refractivity contribution in [2.45, 2.75) is 6.92 Å². The van der Waals surface area contributed by atoms with E-state index in [1.165, 1.54) is 5.56 Å². The van der Waals surface area contributed by atoms with Crippen LogP contribution >= 0.6 is 0 Å². The third kappa shape index (κ3) is 1.18. The SMILES string of the molecule is Cc1ccncc1C1=NCCN1. The summed E-state index contributed by atoms with van der Waals surface area (Å²) in [6.45, 7) is 3.90. The maximum atomic E-state index is 4.33. The summed E-state index contributed by atoms with van der Waals surface area (Å²) in [5.74, 6) is 0.987. The van der Waals surface area contributed by atoms with E-state index in [1.807, 2.05) is 12.3 Å². The number of aromatic nitrogens is 1. The number of amidine groups is 1. The minimum Gasteiger partial charge on any atom is -0.368 e. The van der Waals surface area contributed by atoms with Gasteiger partial charge in [0.25, 0.3) is 0 Å². The van der Waals surface area contributed by atoms with Crippen LogP contribution in [0.2, 0.25) is 0 Å². The minimum atomic E-state index is 0.879. The number of pyridine rings is 1. The zero-order valence-electron chi connectivity index (χ0n) is 7.04. The molecule has 3 nitrogen and oxygen atoms in total. The molecule has 1 N–H and O–H groups in total. The average molecular weight is 161 g/mol. The average Bonchev–Trinajstić information content (AvgIpc) is 2.57. The Morgan fingerprint density at radius 2 is 2.42 bits per heavy atom. The maximum absolute atomic E-state index is 4.33. The van der Waals surface area contributed by atoms with Crippen LogP contribution in [0.1, 0.15) is 11.1 Å². The summed E-state index contributed by atoms with van der Waals surface area (Å²) < 4.78 is 0. The third-order valence-corrected chi connectivity index (χ3v) is 1.97. The van der Waals surface area contributed by atoms with Gasteiger partial charge in [-0.1, -0.05) is 0 Å². The Kier molecular flexibility index (Phi) is 1.78. The first kappa shape index (κ1) is 7.28. The molecule has 1 aliphatic heterocycles. The van der Waals surface area contributed by atoms with Crippen LogP contribution in [0.25, 0.3) is 0 Å². The molecule has 2 heterocycles. The maximum Gasteiger partial charge on any atom is 0.130 e. The molecule has 0 aliphatic carbocycles. The zero-order valence-corrected chi connectivity index (χ0v) is 7.04. The zero-order chi connectivity index (χ0) is 8.39. The van der Waals surface area contributed by atoms with Gasteiger partial charge in [-0.25, -0.2) is 0 Å². The molecule has 1 aromatic heterocycles. The molecule has 0 amide bonds. The summed E-state index contributed by atoms with van der Waals surface area (Å²) in [6.07, 6.45) is 3.65. The van der Waals surface area contributed by atoms with Crippen molar-refractivity contribution < 1.29 is 0 Å². The monoisotopic (exact) mass is 161 g/mol. The van der Waals surface area contributed by atoms with Gasteiger partial charge in [0.15, 0.2) is 0 Å². The first-order valence-electron chi connectivity index (χ1n) is 4.07. The largest absolute Gasteiger partial charge is 0.368 e. The lowest BCUT2D eigenvalue weighted by Gasteiger charge is -2.03. The Morgan fingerprint density at radius 1 is 1.50 bits per heavy atom. The van der Waals surface area contributed by atoms with E-state index in [-0.39, 0.29) is 0 Å². The first-order valence-corrected chi connectivity index (χ1v) is 4.07.